The van der Waals surface area contributed by atoms with Crippen molar-refractivity contribution in [2.45, 2.75) is 6.92 Å². The van der Waals surface area contributed by atoms with E-state index < -0.39 is 0 Å². The Morgan fingerprint density at radius 2 is 1.74 bits per heavy atom. The number of nitrogens with zero attached hydrogens (tertiary/aromatic N) is 1. The van der Waals surface area contributed by atoms with Crippen molar-refractivity contribution < 1.29 is 4.74 Å². The van der Waals surface area contributed by atoms with E-state index in [9.17, 15) is 5.26 Å². The van der Waals surface area contributed by atoms with E-state index >= 15 is 0 Å². The molecule has 0 aliphatic rings. The predicted molar refractivity (Wildman–Crippen MR) is 95.0 cm³/mol. The SMILES string of the molecule is CCOc1ccccc1/C=C(/C#N)c1ccc2ccccc2c1. The summed E-state index contributed by atoms with van der Waals surface area (Å²) in [5.74, 6) is 0.795. The van der Waals surface area contributed by atoms with Gasteiger partial charge in [0.2, 0.25) is 0 Å². The van der Waals surface area contributed by atoms with Crippen LogP contribution < -0.4 is 4.74 Å². The lowest BCUT2D eigenvalue weighted by molar-refractivity contribution is 0.339. The van der Waals surface area contributed by atoms with Crippen molar-refractivity contribution in [1.29, 1.82) is 5.26 Å². The third kappa shape index (κ3) is 3.25. The zero-order valence-corrected chi connectivity index (χ0v) is 13.0. The second-order valence-corrected chi connectivity index (χ2v) is 5.20. The molecule has 0 heterocycles. The van der Waals surface area contributed by atoms with Gasteiger partial charge in [-0.2, -0.15) is 5.26 Å². The molecule has 0 unspecified atom stereocenters. The van der Waals surface area contributed by atoms with Crippen molar-refractivity contribution in [1.82, 2.24) is 0 Å². The van der Waals surface area contributed by atoms with Crippen LogP contribution in [0.25, 0.3) is 22.4 Å². The first kappa shape index (κ1) is 14.9. The van der Waals surface area contributed by atoms with Crippen molar-refractivity contribution >= 4 is 22.4 Å². The molecular weight excluding hydrogens is 282 g/mol. The van der Waals surface area contributed by atoms with Crippen LogP contribution in [0.1, 0.15) is 18.1 Å². The summed E-state index contributed by atoms with van der Waals surface area (Å²) in [6.07, 6.45) is 1.88. The van der Waals surface area contributed by atoms with Gasteiger partial charge in [0.25, 0.3) is 0 Å². The first-order valence-corrected chi connectivity index (χ1v) is 7.64. The molecule has 3 rings (SSSR count). The van der Waals surface area contributed by atoms with E-state index in [4.69, 9.17) is 4.74 Å². The summed E-state index contributed by atoms with van der Waals surface area (Å²) in [6, 6.07) is 24.3. The summed E-state index contributed by atoms with van der Waals surface area (Å²) in [7, 11) is 0. The lowest BCUT2D eigenvalue weighted by Crippen LogP contribution is -1.93. The molecule has 0 aliphatic carbocycles. The molecule has 0 amide bonds. The number of rotatable bonds is 4. The number of benzene rings is 3. The van der Waals surface area contributed by atoms with E-state index in [0.717, 1.165) is 22.3 Å². The zero-order chi connectivity index (χ0) is 16.1. The molecule has 2 heteroatoms. The van der Waals surface area contributed by atoms with Crippen LogP contribution in [-0.4, -0.2) is 6.61 Å². The number of hydrogen-bond acceptors (Lipinski definition) is 2. The minimum Gasteiger partial charge on any atom is -0.493 e. The molecule has 3 aromatic carbocycles. The number of fused-ring (bicyclic) bond motifs is 1. The highest BCUT2D eigenvalue weighted by molar-refractivity contribution is 5.94. The largest absolute Gasteiger partial charge is 0.493 e. The third-order valence-electron chi connectivity index (χ3n) is 3.70. The van der Waals surface area contributed by atoms with Crippen LogP contribution in [0.5, 0.6) is 5.75 Å². The third-order valence-corrected chi connectivity index (χ3v) is 3.70. The normalized spacial score (nSPS) is 11.2. The first-order chi connectivity index (χ1) is 11.3. The highest BCUT2D eigenvalue weighted by Crippen LogP contribution is 2.26. The molecule has 23 heavy (non-hydrogen) atoms. The van der Waals surface area contributed by atoms with Crippen LogP contribution in [0.4, 0.5) is 0 Å². The molecule has 0 aliphatic heterocycles. The lowest BCUT2D eigenvalue weighted by atomic mass is 10.00. The number of hydrogen-bond donors (Lipinski definition) is 0. The van der Waals surface area contributed by atoms with Gasteiger partial charge in [0.05, 0.1) is 18.2 Å². The molecule has 2 nitrogen and oxygen atoms in total. The highest BCUT2D eigenvalue weighted by Gasteiger charge is 2.05. The molecule has 0 spiro atoms. The van der Waals surface area contributed by atoms with E-state index in [1.807, 2.05) is 67.6 Å². The molecule has 112 valence electrons. The number of nitriles is 1. The number of allylic oxidation sites excluding steroid dienone is 1. The van der Waals surface area contributed by atoms with Crippen LogP contribution in [0, 0.1) is 11.3 Å². The Morgan fingerprint density at radius 1 is 1.00 bits per heavy atom. The Hall–Kier alpha value is -3.05. The molecule has 0 saturated carbocycles. The van der Waals surface area contributed by atoms with E-state index in [0.29, 0.717) is 12.2 Å². The van der Waals surface area contributed by atoms with Gasteiger partial charge < -0.3 is 4.74 Å². The van der Waals surface area contributed by atoms with Crippen molar-refractivity contribution in [3.8, 4) is 11.8 Å². The average molecular weight is 299 g/mol. The summed E-state index contributed by atoms with van der Waals surface area (Å²) in [5.41, 5.74) is 2.46. The average Bonchev–Trinajstić information content (AvgIpc) is 2.61. The van der Waals surface area contributed by atoms with E-state index in [-0.39, 0.29) is 0 Å². The van der Waals surface area contributed by atoms with Gasteiger partial charge in [-0.1, -0.05) is 54.6 Å². The van der Waals surface area contributed by atoms with Gasteiger partial charge in [-0.3, -0.25) is 0 Å². The molecule has 0 bridgehead atoms. The molecule has 0 fully saturated rings. The minimum atomic E-state index is 0.600. The quantitative estimate of drug-likeness (QED) is 0.483. The molecule has 0 atom stereocenters. The molecular formula is C21H17NO. The summed E-state index contributed by atoms with van der Waals surface area (Å²) in [5, 5.41) is 11.9. The predicted octanol–water partition coefficient (Wildman–Crippen LogP) is 5.30. The summed E-state index contributed by atoms with van der Waals surface area (Å²) in [4.78, 5) is 0. The van der Waals surface area contributed by atoms with Crippen LogP contribution >= 0.6 is 0 Å². The standard InChI is InChI=1S/C21H17NO/c1-2-23-21-10-6-5-9-19(21)14-20(15-22)18-12-11-16-7-3-4-8-17(16)13-18/h3-14H,2H2,1H3/b20-14-. The van der Waals surface area contributed by atoms with E-state index in [2.05, 4.69) is 18.2 Å². The number of para-hydroxylation sites is 1. The fourth-order valence-corrected chi connectivity index (χ4v) is 2.58. The van der Waals surface area contributed by atoms with Gasteiger partial charge in [0, 0.05) is 5.56 Å². The Kier molecular flexibility index (Phi) is 4.40. The maximum absolute atomic E-state index is 9.57. The van der Waals surface area contributed by atoms with Gasteiger partial charge >= 0.3 is 0 Å². The zero-order valence-electron chi connectivity index (χ0n) is 13.0. The topological polar surface area (TPSA) is 33.0 Å². The Labute approximate surface area is 136 Å². The number of ether oxygens (including phenoxy) is 1. The molecule has 0 radical (unpaired) electrons. The van der Waals surface area contributed by atoms with Crippen molar-refractivity contribution in [2.24, 2.45) is 0 Å². The monoisotopic (exact) mass is 299 g/mol. The maximum atomic E-state index is 9.57. The van der Waals surface area contributed by atoms with Gasteiger partial charge in [-0.05, 0) is 41.5 Å². The minimum absolute atomic E-state index is 0.600. The Bertz CT molecular complexity index is 903. The van der Waals surface area contributed by atoms with Crippen molar-refractivity contribution in [3.63, 3.8) is 0 Å². The lowest BCUT2D eigenvalue weighted by Gasteiger charge is -2.08. The van der Waals surface area contributed by atoms with E-state index in [1.165, 1.54) is 5.39 Å². The highest BCUT2D eigenvalue weighted by atomic mass is 16.5. The van der Waals surface area contributed by atoms with Crippen LogP contribution in [0.3, 0.4) is 0 Å². The molecule has 0 saturated heterocycles. The van der Waals surface area contributed by atoms with Gasteiger partial charge in [-0.15, -0.1) is 0 Å². The summed E-state index contributed by atoms with van der Waals surface area (Å²) in [6.45, 7) is 2.55. The summed E-state index contributed by atoms with van der Waals surface area (Å²) >= 11 is 0. The van der Waals surface area contributed by atoms with Crippen molar-refractivity contribution in [2.75, 3.05) is 6.61 Å². The van der Waals surface area contributed by atoms with Crippen molar-refractivity contribution in [3.05, 3.63) is 77.9 Å². The second kappa shape index (κ2) is 6.81. The summed E-state index contributed by atoms with van der Waals surface area (Å²) < 4.78 is 5.63. The van der Waals surface area contributed by atoms with Crippen LogP contribution in [0.2, 0.25) is 0 Å². The van der Waals surface area contributed by atoms with Crippen LogP contribution in [0.15, 0.2) is 66.7 Å². The maximum Gasteiger partial charge on any atom is 0.126 e. The molecule has 0 N–H and O–H groups in total. The molecule has 0 aromatic heterocycles. The van der Waals surface area contributed by atoms with E-state index in [1.54, 1.807) is 0 Å². The molecule has 3 aromatic rings. The van der Waals surface area contributed by atoms with Gasteiger partial charge in [0.15, 0.2) is 0 Å². The van der Waals surface area contributed by atoms with Gasteiger partial charge in [-0.25, -0.2) is 0 Å². The fourth-order valence-electron chi connectivity index (χ4n) is 2.58. The van der Waals surface area contributed by atoms with Crippen LogP contribution in [-0.2, 0) is 0 Å². The smallest absolute Gasteiger partial charge is 0.126 e. The first-order valence-electron chi connectivity index (χ1n) is 7.64. The second-order valence-electron chi connectivity index (χ2n) is 5.20. The van der Waals surface area contributed by atoms with Gasteiger partial charge in [0.1, 0.15) is 5.75 Å². The Balaban J connectivity index is 2.06. The Morgan fingerprint density at radius 3 is 2.52 bits per heavy atom. The fraction of sp³-hybridized carbons (Fsp3) is 0.0952.